The molecule has 0 spiro atoms. The fourth-order valence-corrected chi connectivity index (χ4v) is 13.9. The monoisotopic (exact) mass is 842 g/mol. The van der Waals surface area contributed by atoms with Gasteiger partial charge in [0.25, 0.3) is 0 Å². The van der Waals surface area contributed by atoms with E-state index in [2.05, 4.69) is 206 Å². The third kappa shape index (κ3) is 4.97. The van der Waals surface area contributed by atoms with E-state index >= 15 is 0 Å². The Hall–Kier alpha value is -6.80. The second-order valence-corrected chi connectivity index (χ2v) is 19.1. The Kier molecular flexibility index (Phi) is 7.59. The molecule has 0 N–H and O–H groups in total. The first-order valence-electron chi connectivity index (χ1n) is 20.6. The van der Waals surface area contributed by atoms with Crippen LogP contribution in [-0.2, 0) is 0 Å². The third-order valence-electron chi connectivity index (χ3n) is 12.7. The van der Waals surface area contributed by atoms with E-state index < -0.39 is 0 Å². The zero-order chi connectivity index (χ0) is 39.3. The minimum absolute atomic E-state index is 0.110. The quantitative estimate of drug-likeness (QED) is 0.122. The van der Waals surface area contributed by atoms with E-state index in [1.807, 2.05) is 11.3 Å². The van der Waals surface area contributed by atoms with Crippen molar-refractivity contribution in [2.24, 2.45) is 0 Å². The van der Waals surface area contributed by atoms with Gasteiger partial charge in [-0.1, -0.05) is 6.07 Å². The molecular formula is C58H34SSe. The molecule has 2 aromatic heterocycles. The first kappa shape index (κ1) is 34.1. The summed E-state index contributed by atoms with van der Waals surface area (Å²) >= 11 is 1.99. The second-order valence-electron chi connectivity index (χ2n) is 15.8. The van der Waals surface area contributed by atoms with Gasteiger partial charge in [0.2, 0.25) is 0 Å². The number of rotatable bonds is 4. The molecule has 0 saturated carbocycles. The number of fused-ring (bicyclic) bond motifs is 10. The summed E-state index contributed by atoms with van der Waals surface area (Å²) in [6.45, 7) is 0. The molecule has 2 heterocycles. The van der Waals surface area contributed by atoms with Crippen molar-refractivity contribution in [3.8, 4) is 44.5 Å². The Balaban J connectivity index is 1.09. The van der Waals surface area contributed by atoms with Crippen LogP contribution in [0.5, 0.6) is 0 Å². The zero-order valence-electron chi connectivity index (χ0n) is 32.4. The molecule has 0 saturated heterocycles. The summed E-state index contributed by atoms with van der Waals surface area (Å²) in [6, 6.07) is 77.3. The first-order chi connectivity index (χ1) is 29.8. The molecule has 11 aromatic carbocycles. The Morgan fingerprint density at radius 1 is 0.283 bits per heavy atom. The molecular weight excluding hydrogens is 808 g/mol. The van der Waals surface area contributed by atoms with Crippen molar-refractivity contribution < 1.29 is 0 Å². The van der Waals surface area contributed by atoms with E-state index in [9.17, 15) is 0 Å². The van der Waals surface area contributed by atoms with E-state index in [0.717, 1.165) is 0 Å². The van der Waals surface area contributed by atoms with Gasteiger partial charge in [0.15, 0.2) is 0 Å². The van der Waals surface area contributed by atoms with Gasteiger partial charge in [-0.25, -0.2) is 0 Å². The van der Waals surface area contributed by atoms with E-state index in [1.54, 1.807) is 0 Å². The Labute approximate surface area is 357 Å². The van der Waals surface area contributed by atoms with Crippen LogP contribution in [0.2, 0.25) is 0 Å². The van der Waals surface area contributed by atoms with Gasteiger partial charge in [-0.05, 0) is 0 Å². The average Bonchev–Trinajstić information content (AvgIpc) is 3.89. The molecule has 13 rings (SSSR count). The maximum atomic E-state index is 2.43. The van der Waals surface area contributed by atoms with E-state index in [-0.39, 0.29) is 14.5 Å². The summed E-state index contributed by atoms with van der Waals surface area (Å²) < 4.78 is 5.59. The van der Waals surface area contributed by atoms with E-state index in [4.69, 9.17) is 0 Å². The van der Waals surface area contributed by atoms with Crippen LogP contribution < -0.4 is 0 Å². The molecule has 278 valence electrons. The third-order valence-corrected chi connectivity index (χ3v) is 16.3. The van der Waals surface area contributed by atoms with Crippen LogP contribution in [0, 0.1) is 0 Å². The number of benzene rings is 11. The molecule has 0 unspecified atom stereocenters. The van der Waals surface area contributed by atoms with Gasteiger partial charge in [0.1, 0.15) is 0 Å². The first-order valence-corrected chi connectivity index (χ1v) is 23.1. The Morgan fingerprint density at radius 3 is 1.35 bits per heavy atom. The molecule has 0 nitrogen and oxygen atoms in total. The summed E-state index contributed by atoms with van der Waals surface area (Å²) in [5.74, 6) is 0. The molecule has 0 bridgehead atoms. The molecule has 2 heteroatoms. The summed E-state index contributed by atoms with van der Waals surface area (Å²) in [6.07, 6.45) is 0. The van der Waals surface area contributed by atoms with Crippen LogP contribution in [0.25, 0.3) is 127 Å². The molecule has 0 atom stereocenters. The maximum absolute atomic E-state index is 2.43. The number of thiophene rings is 1. The summed E-state index contributed by atoms with van der Waals surface area (Å²) in [5, 5.41) is 15.8. The van der Waals surface area contributed by atoms with Crippen molar-refractivity contribution in [3.05, 3.63) is 206 Å². The van der Waals surface area contributed by atoms with Gasteiger partial charge in [-0.2, -0.15) is 0 Å². The molecule has 13 aromatic rings. The van der Waals surface area contributed by atoms with Gasteiger partial charge in [0.05, 0.1) is 0 Å². The van der Waals surface area contributed by atoms with Crippen molar-refractivity contribution in [3.63, 3.8) is 0 Å². The van der Waals surface area contributed by atoms with E-state index in [0.29, 0.717) is 0 Å². The van der Waals surface area contributed by atoms with Crippen molar-refractivity contribution in [2.75, 3.05) is 0 Å². The fraction of sp³-hybridized carbons (Fsp3) is 0. The van der Waals surface area contributed by atoms with Crippen molar-refractivity contribution >= 4 is 108 Å². The van der Waals surface area contributed by atoms with Crippen molar-refractivity contribution in [1.82, 2.24) is 0 Å². The normalized spacial score (nSPS) is 12.0. The number of hydrogen-bond donors (Lipinski definition) is 0. The van der Waals surface area contributed by atoms with Crippen LogP contribution in [0.3, 0.4) is 0 Å². The minimum atomic E-state index is 0.110. The standard InChI is InChI=1S/C58H34SSe/c1-2-16-35(17-3-1)53-38-19-4-8-23-42(38)55(43-24-9-5-20-39(43)53)46-27-15-31-52-57(46)48-29-14-28-47(58(48)60-52)56-44-25-10-6-21-40(44)54(41-22-7-11-26-45(41)56)36-32-33-51-49(34-36)37-18-12-13-30-50(37)59-51/h1-34H. The number of hydrogen-bond acceptors (Lipinski definition) is 1. The molecule has 0 aliphatic rings. The fourth-order valence-electron chi connectivity index (χ4n) is 10.2. The average molecular weight is 842 g/mol. The topological polar surface area (TPSA) is 0 Å². The zero-order valence-corrected chi connectivity index (χ0v) is 35.0. The van der Waals surface area contributed by atoms with E-state index in [1.165, 1.54) is 127 Å². The molecule has 0 radical (unpaired) electrons. The van der Waals surface area contributed by atoms with Crippen LogP contribution in [0.15, 0.2) is 206 Å². The van der Waals surface area contributed by atoms with Crippen LogP contribution in [-0.4, -0.2) is 14.5 Å². The van der Waals surface area contributed by atoms with Crippen molar-refractivity contribution in [1.29, 1.82) is 0 Å². The van der Waals surface area contributed by atoms with Gasteiger partial charge in [-0.15, -0.1) is 0 Å². The molecule has 0 aliphatic carbocycles. The van der Waals surface area contributed by atoms with Crippen molar-refractivity contribution in [2.45, 2.75) is 0 Å². The molecule has 60 heavy (non-hydrogen) atoms. The summed E-state index contributed by atoms with van der Waals surface area (Å²) in [5.41, 5.74) is 10.5. The molecule has 0 aliphatic heterocycles. The Bertz CT molecular complexity index is 3770. The summed E-state index contributed by atoms with van der Waals surface area (Å²) in [7, 11) is 0. The van der Waals surface area contributed by atoms with Crippen LogP contribution >= 0.6 is 11.3 Å². The predicted octanol–water partition coefficient (Wildman–Crippen LogP) is 16.7. The summed E-state index contributed by atoms with van der Waals surface area (Å²) in [4.78, 5) is 0. The van der Waals surface area contributed by atoms with Gasteiger partial charge in [-0.3, -0.25) is 0 Å². The molecule has 0 fully saturated rings. The Morgan fingerprint density at radius 2 is 0.733 bits per heavy atom. The van der Waals surface area contributed by atoms with Crippen LogP contribution in [0.4, 0.5) is 0 Å². The van der Waals surface area contributed by atoms with Gasteiger partial charge in [0, 0.05) is 0 Å². The predicted molar refractivity (Wildman–Crippen MR) is 263 cm³/mol. The van der Waals surface area contributed by atoms with Gasteiger partial charge >= 0.3 is 353 Å². The SMILES string of the molecule is c1ccc(-c2c3ccccc3c(-c3cccc4[se]c5c(-c6c7ccccc7c(-c7ccc8sc9ccccc9c8c7)c7ccccc67)cccc5c34)c3ccccc23)cc1. The second kappa shape index (κ2) is 13.4. The molecule has 0 amide bonds. The van der Waals surface area contributed by atoms with Crippen LogP contribution in [0.1, 0.15) is 0 Å². The van der Waals surface area contributed by atoms with Gasteiger partial charge < -0.3 is 0 Å².